The summed E-state index contributed by atoms with van der Waals surface area (Å²) in [4.78, 5) is 24.9. The highest BCUT2D eigenvalue weighted by Crippen LogP contribution is 2.31. The maximum absolute atomic E-state index is 12.0. The third-order valence-corrected chi connectivity index (χ3v) is 4.85. The van der Waals surface area contributed by atoms with Crippen molar-refractivity contribution in [1.82, 2.24) is 10.9 Å². The van der Waals surface area contributed by atoms with Crippen LogP contribution in [0, 0.1) is 6.92 Å². The first-order valence-electron chi connectivity index (χ1n) is 8.50. The van der Waals surface area contributed by atoms with Crippen LogP contribution in [-0.2, 0) is 16.0 Å². The molecule has 0 spiro atoms. The summed E-state index contributed by atoms with van der Waals surface area (Å²) >= 11 is 1.41. The van der Waals surface area contributed by atoms with Crippen LogP contribution in [0.3, 0.4) is 0 Å². The van der Waals surface area contributed by atoms with E-state index in [1.165, 1.54) is 17.3 Å². The van der Waals surface area contributed by atoms with Crippen LogP contribution in [0.5, 0.6) is 11.5 Å². The Morgan fingerprint density at radius 2 is 1.67 bits per heavy atom. The minimum Gasteiger partial charge on any atom is -0.493 e. The first kappa shape index (κ1) is 20.6. The van der Waals surface area contributed by atoms with Crippen molar-refractivity contribution < 1.29 is 19.1 Å². The van der Waals surface area contributed by atoms with E-state index in [9.17, 15) is 9.59 Å². The molecule has 0 bridgehead atoms. The zero-order valence-corrected chi connectivity index (χ0v) is 16.5. The molecule has 2 aromatic carbocycles. The Labute approximate surface area is 163 Å². The Morgan fingerprint density at radius 3 is 2.33 bits per heavy atom. The topological polar surface area (TPSA) is 76.7 Å². The molecular weight excluding hydrogens is 364 g/mol. The van der Waals surface area contributed by atoms with Gasteiger partial charge in [0.1, 0.15) is 0 Å². The van der Waals surface area contributed by atoms with Crippen molar-refractivity contribution in [1.29, 1.82) is 0 Å². The van der Waals surface area contributed by atoms with E-state index in [-0.39, 0.29) is 24.0 Å². The summed E-state index contributed by atoms with van der Waals surface area (Å²) in [6, 6.07) is 13.4. The highest BCUT2D eigenvalue weighted by molar-refractivity contribution is 8.00. The molecule has 0 aliphatic carbocycles. The minimum atomic E-state index is -0.270. The van der Waals surface area contributed by atoms with Crippen LogP contribution >= 0.6 is 11.8 Å². The third kappa shape index (κ3) is 6.53. The van der Waals surface area contributed by atoms with Gasteiger partial charge in [-0.15, -0.1) is 11.8 Å². The number of benzene rings is 2. The normalized spacial score (nSPS) is 10.2. The average molecular weight is 388 g/mol. The number of carbonyl (C=O) groups is 2. The van der Waals surface area contributed by atoms with E-state index in [0.717, 1.165) is 10.5 Å². The standard InChI is InChI=1S/C20H24N2O4S/c1-14-7-10-16(11-8-14)27-13-19(24)22-21-18(23)12-9-15-5-4-6-17(25-2)20(15)26-3/h4-8,10-11H,9,12-13H2,1-3H3,(H,21,23)(H,22,24). The van der Waals surface area contributed by atoms with Gasteiger partial charge in [-0.2, -0.15) is 0 Å². The largest absolute Gasteiger partial charge is 0.493 e. The second kappa shape index (κ2) is 10.5. The van der Waals surface area contributed by atoms with Gasteiger partial charge in [0.25, 0.3) is 0 Å². The van der Waals surface area contributed by atoms with E-state index < -0.39 is 0 Å². The van der Waals surface area contributed by atoms with E-state index in [0.29, 0.717) is 17.9 Å². The Kier molecular flexibility index (Phi) is 8.00. The molecule has 0 heterocycles. The Balaban J connectivity index is 1.74. The number of thioether (sulfide) groups is 1. The van der Waals surface area contributed by atoms with Gasteiger partial charge in [-0.3, -0.25) is 20.4 Å². The Hall–Kier alpha value is -2.67. The van der Waals surface area contributed by atoms with E-state index in [2.05, 4.69) is 10.9 Å². The quantitative estimate of drug-likeness (QED) is 0.537. The molecule has 0 fully saturated rings. The predicted molar refractivity (Wildman–Crippen MR) is 106 cm³/mol. The first-order valence-corrected chi connectivity index (χ1v) is 9.49. The second-order valence-corrected chi connectivity index (χ2v) is 6.90. The number of rotatable bonds is 8. The summed E-state index contributed by atoms with van der Waals surface area (Å²) in [7, 11) is 3.13. The molecule has 2 aromatic rings. The highest BCUT2D eigenvalue weighted by Gasteiger charge is 2.11. The number of hydrogen-bond donors (Lipinski definition) is 2. The van der Waals surface area contributed by atoms with Crippen LogP contribution < -0.4 is 20.3 Å². The number of methoxy groups -OCH3 is 2. The van der Waals surface area contributed by atoms with E-state index in [1.54, 1.807) is 20.3 Å². The molecule has 0 aliphatic heterocycles. The summed E-state index contributed by atoms with van der Waals surface area (Å²) in [5.41, 5.74) is 6.92. The summed E-state index contributed by atoms with van der Waals surface area (Å²) in [5.74, 6) is 0.942. The summed E-state index contributed by atoms with van der Waals surface area (Å²) < 4.78 is 10.6. The van der Waals surface area contributed by atoms with E-state index >= 15 is 0 Å². The SMILES string of the molecule is COc1cccc(CCC(=O)NNC(=O)CSc2ccc(C)cc2)c1OC. The van der Waals surface area contributed by atoms with Crippen LogP contribution in [-0.4, -0.2) is 31.8 Å². The smallest absolute Gasteiger partial charge is 0.248 e. The fourth-order valence-electron chi connectivity index (χ4n) is 2.42. The molecular formula is C20H24N2O4S. The molecule has 6 nitrogen and oxygen atoms in total. The van der Waals surface area contributed by atoms with Crippen LogP contribution in [0.25, 0.3) is 0 Å². The number of ether oxygens (including phenoxy) is 2. The van der Waals surface area contributed by atoms with Crippen molar-refractivity contribution in [2.24, 2.45) is 0 Å². The van der Waals surface area contributed by atoms with Gasteiger partial charge in [0, 0.05) is 11.3 Å². The lowest BCUT2D eigenvalue weighted by molar-refractivity contribution is -0.127. The molecule has 0 radical (unpaired) electrons. The monoisotopic (exact) mass is 388 g/mol. The molecule has 2 rings (SSSR count). The van der Waals surface area contributed by atoms with E-state index in [4.69, 9.17) is 9.47 Å². The number of amides is 2. The number of para-hydroxylation sites is 1. The number of nitrogens with one attached hydrogen (secondary N) is 2. The predicted octanol–water partition coefficient (Wildman–Crippen LogP) is 2.88. The maximum atomic E-state index is 12.0. The van der Waals surface area contributed by atoms with Gasteiger partial charge < -0.3 is 9.47 Å². The zero-order valence-electron chi connectivity index (χ0n) is 15.7. The Bertz CT molecular complexity index is 778. The van der Waals surface area contributed by atoms with Crippen molar-refractivity contribution in [3.8, 4) is 11.5 Å². The van der Waals surface area contributed by atoms with Crippen molar-refractivity contribution in [2.75, 3.05) is 20.0 Å². The number of hydrogen-bond acceptors (Lipinski definition) is 5. The Morgan fingerprint density at radius 1 is 0.963 bits per heavy atom. The lowest BCUT2D eigenvalue weighted by atomic mass is 10.1. The van der Waals surface area contributed by atoms with Gasteiger partial charge in [0.2, 0.25) is 11.8 Å². The van der Waals surface area contributed by atoms with Crippen LogP contribution in [0.4, 0.5) is 0 Å². The molecule has 0 atom stereocenters. The first-order chi connectivity index (χ1) is 13.0. The van der Waals surface area contributed by atoms with Crippen molar-refractivity contribution in [3.63, 3.8) is 0 Å². The third-order valence-electron chi connectivity index (χ3n) is 3.84. The fourth-order valence-corrected chi connectivity index (χ4v) is 3.12. The number of aryl methyl sites for hydroxylation is 2. The van der Waals surface area contributed by atoms with Crippen molar-refractivity contribution in [3.05, 3.63) is 53.6 Å². The van der Waals surface area contributed by atoms with Crippen LogP contribution in [0.15, 0.2) is 47.4 Å². The van der Waals surface area contributed by atoms with Gasteiger partial charge >= 0.3 is 0 Å². The minimum absolute atomic E-state index is 0.217. The van der Waals surface area contributed by atoms with Gasteiger partial charge in [-0.25, -0.2) is 0 Å². The molecule has 2 N–H and O–H groups in total. The maximum Gasteiger partial charge on any atom is 0.248 e. The molecule has 7 heteroatoms. The number of hydrazine groups is 1. The zero-order chi connectivity index (χ0) is 19.6. The van der Waals surface area contributed by atoms with Gasteiger partial charge in [-0.1, -0.05) is 29.8 Å². The second-order valence-electron chi connectivity index (χ2n) is 5.85. The van der Waals surface area contributed by atoms with E-state index in [1.807, 2.05) is 43.3 Å². The molecule has 0 aliphatic rings. The summed E-state index contributed by atoms with van der Waals surface area (Å²) in [6.07, 6.45) is 0.690. The molecule has 0 saturated carbocycles. The molecule has 0 saturated heterocycles. The van der Waals surface area contributed by atoms with Gasteiger partial charge in [0.15, 0.2) is 11.5 Å². The molecule has 0 aromatic heterocycles. The lowest BCUT2D eigenvalue weighted by Crippen LogP contribution is -2.42. The van der Waals surface area contributed by atoms with Gasteiger partial charge in [-0.05, 0) is 37.1 Å². The number of carbonyl (C=O) groups excluding carboxylic acids is 2. The van der Waals surface area contributed by atoms with Crippen molar-refractivity contribution in [2.45, 2.75) is 24.7 Å². The van der Waals surface area contributed by atoms with Crippen LogP contribution in [0.2, 0.25) is 0 Å². The molecule has 27 heavy (non-hydrogen) atoms. The molecule has 0 unspecified atom stereocenters. The summed E-state index contributed by atoms with van der Waals surface area (Å²) in [6.45, 7) is 2.01. The highest BCUT2D eigenvalue weighted by atomic mass is 32.2. The van der Waals surface area contributed by atoms with Crippen molar-refractivity contribution >= 4 is 23.6 Å². The molecule has 144 valence electrons. The average Bonchev–Trinajstić information content (AvgIpc) is 2.69. The lowest BCUT2D eigenvalue weighted by Gasteiger charge is -2.12. The molecule has 2 amide bonds. The van der Waals surface area contributed by atoms with Gasteiger partial charge in [0.05, 0.1) is 20.0 Å². The fraction of sp³-hybridized carbons (Fsp3) is 0.300. The van der Waals surface area contributed by atoms with Crippen LogP contribution in [0.1, 0.15) is 17.5 Å². The summed E-state index contributed by atoms with van der Waals surface area (Å²) in [5, 5.41) is 0.